The lowest BCUT2D eigenvalue weighted by Gasteiger charge is -2.17. The van der Waals surface area contributed by atoms with Gasteiger partial charge < -0.3 is 10.2 Å². The Morgan fingerprint density at radius 2 is 1.94 bits per heavy atom. The minimum atomic E-state index is 0.524. The van der Waals surface area contributed by atoms with Gasteiger partial charge in [0.15, 0.2) is 0 Å². The normalized spacial score (nSPS) is 13.5. The smallest absolute Gasteiger partial charge is 0.0169 e. The van der Waals surface area contributed by atoms with Gasteiger partial charge in [-0.2, -0.15) is 0 Å². The summed E-state index contributed by atoms with van der Waals surface area (Å²) in [6, 6.07) is 10.9. The highest BCUT2D eigenvalue weighted by Crippen LogP contribution is 2.00. The first-order chi connectivity index (χ1) is 7.68. The van der Waals surface area contributed by atoms with E-state index in [-0.39, 0.29) is 0 Å². The van der Waals surface area contributed by atoms with Crippen molar-refractivity contribution in [3.63, 3.8) is 0 Å². The summed E-state index contributed by atoms with van der Waals surface area (Å²) >= 11 is 0. The Hall–Kier alpha value is -1.12. The number of nitrogens with one attached hydrogen (secondary N) is 1. The predicted octanol–water partition coefficient (Wildman–Crippen LogP) is 2.24. The molecule has 1 N–H and O–H groups in total. The molecule has 0 spiro atoms. The van der Waals surface area contributed by atoms with E-state index >= 15 is 0 Å². The number of hydrogen-bond acceptors (Lipinski definition) is 2. The van der Waals surface area contributed by atoms with Gasteiger partial charge in [0, 0.05) is 19.1 Å². The predicted molar refractivity (Wildman–Crippen MR) is 71.5 cm³/mol. The molecule has 1 rings (SSSR count). The fourth-order valence-corrected chi connectivity index (χ4v) is 1.64. The van der Waals surface area contributed by atoms with Crippen LogP contribution in [-0.4, -0.2) is 38.1 Å². The fourth-order valence-electron chi connectivity index (χ4n) is 1.64. The van der Waals surface area contributed by atoms with Crippen molar-refractivity contribution < 1.29 is 0 Å². The van der Waals surface area contributed by atoms with E-state index in [9.17, 15) is 0 Å². The molecule has 0 radical (unpaired) electrons. The second-order valence-electron chi connectivity index (χ2n) is 4.38. The zero-order chi connectivity index (χ0) is 11.8. The SMILES string of the molecule is CC(CN(C)C)NC/C=C/c1ccccc1. The molecule has 1 aromatic carbocycles. The van der Waals surface area contributed by atoms with Crippen LogP contribution in [0, 0.1) is 0 Å². The molecule has 2 nitrogen and oxygen atoms in total. The van der Waals surface area contributed by atoms with Crippen molar-refractivity contribution in [2.75, 3.05) is 27.2 Å². The van der Waals surface area contributed by atoms with Crippen LogP contribution in [0.2, 0.25) is 0 Å². The van der Waals surface area contributed by atoms with Crippen LogP contribution in [0.3, 0.4) is 0 Å². The topological polar surface area (TPSA) is 15.3 Å². The third-order valence-electron chi connectivity index (χ3n) is 2.33. The fraction of sp³-hybridized carbons (Fsp3) is 0.429. The van der Waals surface area contributed by atoms with Gasteiger partial charge in [0.05, 0.1) is 0 Å². The Balaban J connectivity index is 2.23. The van der Waals surface area contributed by atoms with Crippen molar-refractivity contribution in [3.05, 3.63) is 42.0 Å². The Morgan fingerprint density at radius 1 is 1.25 bits per heavy atom. The molecule has 2 heteroatoms. The quantitative estimate of drug-likeness (QED) is 0.788. The van der Waals surface area contributed by atoms with Crippen molar-refractivity contribution in [2.45, 2.75) is 13.0 Å². The van der Waals surface area contributed by atoms with Crippen molar-refractivity contribution in [3.8, 4) is 0 Å². The van der Waals surface area contributed by atoms with Crippen LogP contribution < -0.4 is 5.32 Å². The first-order valence-electron chi connectivity index (χ1n) is 5.78. The summed E-state index contributed by atoms with van der Waals surface area (Å²) in [5.74, 6) is 0. The summed E-state index contributed by atoms with van der Waals surface area (Å²) in [5.41, 5.74) is 1.25. The van der Waals surface area contributed by atoms with Crippen molar-refractivity contribution in [2.24, 2.45) is 0 Å². The third kappa shape index (κ3) is 5.69. The maximum Gasteiger partial charge on any atom is 0.0169 e. The molecule has 0 aliphatic heterocycles. The summed E-state index contributed by atoms with van der Waals surface area (Å²) < 4.78 is 0. The molecule has 1 atom stereocenters. The second kappa shape index (κ2) is 7.20. The van der Waals surface area contributed by atoms with E-state index < -0.39 is 0 Å². The van der Waals surface area contributed by atoms with Gasteiger partial charge in [-0.05, 0) is 26.6 Å². The summed E-state index contributed by atoms with van der Waals surface area (Å²) in [5, 5.41) is 3.46. The number of hydrogen-bond donors (Lipinski definition) is 1. The lowest BCUT2D eigenvalue weighted by atomic mass is 10.2. The molecular weight excluding hydrogens is 196 g/mol. The zero-order valence-corrected chi connectivity index (χ0v) is 10.5. The molecule has 0 saturated carbocycles. The molecule has 0 aromatic heterocycles. The Labute approximate surface area is 99.0 Å². The molecule has 16 heavy (non-hydrogen) atoms. The first-order valence-corrected chi connectivity index (χ1v) is 5.78. The summed E-state index contributed by atoms with van der Waals surface area (Å²) in [4.78, 5) is 2.19. The lowest BCUT2D eigenvalue weighted by molar-refractivity contribution is 0.356. The molecular formula is C14H22N2. The van der Waals surface area contributed by atoms with Crippen LogP contribution in [0.25, 0.3) is 6.08 Å². The van der Waals surface area contributed by atoms with Crippen LogP contribution in [-0.2, 0) is 0 Å². The van der Waals surface area contributed by atoms with Gasteiger partial charge in [0.2, 0.25) is 0 Å². The van der Waals surface area contributed by atoms with E-state index in [1.807, 2.05) is 6.07 Å². The zero-order valence-electron chi connectivity index (χ0n) is 10.5. The van der Waals surface area contributed by atoms with Gasteiger partial charge in [-0.1, -0.05) is 42.5 Å². The van der Waals surface area contributed by atoms with Gasteiger partial charge >= 0.3 is 0 Å². The van der Waals surface area contributed by atoms with Gasteiger partial charge in [-0.15, -0.1) is 0 Å². The number of nitrogens with zero attached hydrogens (tertiary/aromatic N) is 1. The van der Waals surface area contributed by atoms with E-state index in [1.165, 1.54) is 5.56 Å². The third-order valence-corrected chi connectivity index (χ3v) is 2.33. The van der Waals surface area contributed by atoms with E-state index in [0.29, 0.717) is 6.04 Å². The number of likely N-dealkylation sites (N-methyl/N-ethyl adjacent to an activating group) is 1. The van der Waals surface area contributed by atoms with Gasteiger partial charge in [0.1, 0.15) is 0 Å². The average Bonchev–Trinajstić information content (AvgIpc) is 2.25. The standard InChI is InChI=1S/C14H22N2/c1-13(12-16(2)3)15-11-7-10-14-8-5-4-6-9-14/h4-10,13,15H,11-12H2,1-3H3/b10-7+. The molecule has 1 unspecified atom stereocenters. The molecule has 0 aliphatic rings. The molecule has 0 fully saturated rings. The van der Waals surface area contributed by atoms with Crippen molar-refractivity contribution >= 4 is 6.08 Å². The van der Waals surface area contributed by atoms with Gasteiger partial charge in [-0.25, -0.2) is 0 Å². The maximum atomic E-state index is 3.46. The highest BCUT2D eigenvalue weighted by Gasteiger charge is 1.99. The Bertz CT molecular complexity index is 304. The molecule has 88 valence electrons. The Morgan fingerprint density at radius 3 is 2.56 bits per heavy atom. The summed E-state index contributed by atoms with van der Waals surface area (Å²) in [6.45, 7) is 4.19. The average molecular weight is 218 g/mol. The summed E-state index contributed by atoms with van der Waals surface area (Å²) in [6.07, 6.45) is 4.32. The van der Waals surface area contributed by atoms with Crippen molar-refractivity contribution in [1.82, 2.24) is 10.2 Å². The highest BCUT2D eigenvalue weighted by atomic mass is 15.1. The van der Waals surface area contributed by atoms with Crippen LogP contribution in [0.4, 0.5) is 0 Å². The minimum Gasteiger partial charge on any atom is -0.310 e. The van der Waals surface area contributed by atoms with Gasteiger partial charge in [-0.3, -0.25) is 0 Å². The summed E-state index contributed by atoms with van der Waals surface area (Å²) in [7, 11) is 4.19. The molecule has 0 aliphatic carbocycles. The highest BCUT2D eigenvalue weighted by molar-refractivity contribution is 5.48. The van der Waals surface area contributed by atoms with E-state index in [4.69, 9.17) is 0 Å². The largest absolute Gasteiger partial charge is 0.310 e. The van der Waals surface area contributed by atoms with E-state index in [2.05, 4.69) is 67.7 Å². The van der Waals surface area contributed by atoms with Crippen LogP contribution in [0.15, 0.2) is 36.4 Å². The van der Waals surface area contributed by atoms with Gasteiger partial charge in [0.25, 0.3) is 0 Å². The first kappa shape index (κ1) is 12.9. The molecule has 0 amide bonds. The van der Waals surface area contributed by atoms with E-state index in [1.54, 1.807) is 0 Å². The minimum absolute atomic E-state index is 0.524. The van der Waals surface area contributed by atoms with Crippen LogP contribution >= 0.6 is 0 Å². The number of rotatable bonds is 6. The molecule has 0 heterocycles. The molecule has 0 saturated heterocycles. The molecule has 0 bridgehead atoms. The van der Waals surface area contributed by atoms with E-state index in [0.717, 1.165) is 13.1 Å². The number of benzene rings is 1. The van der Waals surface area contributed by atoms with Crippen molar-refractivity contribution in [1.29, 1.82) is 0 Å². The lowest BCUT2D eigenvalue weighted by Crippen LogP contribution is -2.35. The maximum absolute atomic E-state index is 3.46. The Kier molecular flexibility index (Phi) is 5.83. The van der Waals surface area contributed by atoms with Crippen LogP contribution in [0.1, 0.15) is 12.5 Å². The van der Waals surface area contributed by atoms with Crippen LogP contribution in [0.5, 0.6) is 0 Å². The second-order valence-corrected chi connectivity index (χ2v) is 4.38. The molecule has 1 aromatic rings. The monoisotopic (exact) mass is 218 g/mol.